The molecule has 8 nitrogen and oxygen atoms in total. The summed E-state index contributed by atoms with van der Waals surface area (Å²) in [5.41, 5.74) is 0.724. The van der Waals surface area contributed by atoms with Gasteiger partial charge in [-0.2, -0.15) is 4.98 Å². The number of aliphatic hydroxyl groups is 1. The van der Waals surface area contributed by atoms with Crippen molar-refractivity contribution in [3.8, 4) is 5.75 Å². The lowest BCUT2D eigenvalue weighted by atomic mass is 10.2. The Morgan fingerprint density at radius 3 is 2.85 bits per heavy atom. The van der Waals surface area contributed by atoms with Crippen LogP contribution in [-0.4, -0.2) is 48.1 Å². The monoisotopic (exact) mass is 381 g/mol. The van der Waals surface area contributed by atoms with E-state index in [-0.39, 0.29) is 25.3 Å². The molecular weight excluding hydrogens is 357 g/mol. The van der Waals surface area contributed by atoms with Gasteiger partial charge in [0.15, 0.2) is 5.58 Å². The van der Waals surface area contributed by atoms with E-state index in [0.29, 0.717) is 35.7 Å². The zero-order valence-corrected chi connectivity index (χ0v) is 15.5. The van der Waals surface area contributed by atoms with E-state index >= 15 is 0 Å². The summed E-state index contributed by atoms with van der Waals surface area (Å²) in [4.78, 5) is 15.8. The number of carbonyl (C=O) groups is 1. The highest BCUT2D eigenvalue weighted by atomic mass is 19.1. The van der Waals surface area contributed by atoms with Crippen LogP contribution in [0.1, 0.15) is 20.8 Å². The number of alkyl carbamates (subject to hydrolysis) is 1. The van der Waals surface area contributed by atoms with Crippen LogP contribution in [0.5, 0.6) is 5.75 Å². The second-order valence-corrected chi connectivity index (χ2v) is 6.71. The van der Waals surface area contributed by atoms with Crippen molar-refractivity contribution in [1.82, 2.24) is 10.3 Å². The Hall–Kier alpha value is -2.81. The lowest BCUT2D eigenvalue weighted by Gasteiger charge is -2.20. The van der Waals surface area contributed by atoms with Crippen molar-refractivity contribution < 1.29 is 28.2 Å². The zero-order chi connectivity index (χ0) is 19.9. The fourth-order valence-corrected chi connectivity index (χ4v) is 2.03. The fourth-order valence-electron chi connectivity index (χ4n) is 2.03. The van der Waals surface area contributed by atoms with E-state index in [1.807, 2.05) is 0 Å². The number of fused-ring (bicyclic) bond motifs is 1. The molecule has 0 saturated carbocycles. The summed E-state index contributed by atoms with van der Waals surface area (Å²) in [6, 6.07) is 5.31. The Morgan fingerprint density at radius 2 is 2.19 bits per heavy atom. The number of rotatable bonds is 8. The van der Waals surface area contributed by atoms with E-state index in [9.17, 15) is 9.18 Å². The standard InChI is InChI=1S/C18H24FN3O5/c1-18(2,3)27-17(24)21-10-12(9-19)11-25-13-4-5-14-15(8-13)26-16(22-14)20-6-7-23/h4-5,8-9,23H,6-7,10-11H2,1-3H3,(H,20,22)(H,21,24). The summed E-state index contributed by atoms with van der Waals surface area (Å²) < 4.78 is 29.2. The summed E-state index contributed by atoms with van der Waals surface area (Å²) in [5, 5.41) is 14.1. The summed E-state index contributed by atoms with van der Waals surface area (Å²) in [5.74, 6) is 0.462. The lowest BCUT2D eigenvalue weighted by molar-refractivity contribution is 0.0531. The van der Waals surface area contributed by atoms with Crippen LogP contribution in [0.15, 0.2) is 34.5 Å². The number of hydrogen-bond acceptors (Lipinski definition) is 7. The highest BCUT2D eigenvalue weighted by Crippen LogP contribution is 2.24. The topological polar surface area (TPSA) is 106 Å². The van der Waals surface area contributed by atoms with Gasteiger partial charge < -0.3 is 29.6 Å². The third-order valence-electron chi connectivity index (χ3n) is 3.19. The molecule has 0 bridgehead atoms. The van der Waals surface area contributed by atoms with E-state index in [1.165, 1.54) is 0 Å². The summed E-state index contributed by atoms with van der Waals surface area (Å²) in [6.07, 6.45) is -0.241. The van der Waals surface area contributed by atoms with Gasteiger partial charge in [0, 0.05) is 24.7 Å². The molecule has 1 aromatic heterocycles. The number of amides is 1. The number of carbonyl (C=O) groups excluding carboxylic acids is 1. The van der Waals surface area contributed by atoms with Crippen molar-refractivity contribution in [3.05, 3.63) is 30.1 Å². The van der Waals surface area contributed by atoms with Crippen molar-refractivity contribution in [3.63, 3.8) is 0 Å². The van der Waals surface area contributed by atoms with Crippen LogP contribution >= 0.6 is 0 Å². The SMILES string of the molecule is CC(C)(C)OC(=O)NCC(=CF)COc1ccc2nc(NCCO)oc2c1. The van der Waals surface area contributed by atoms with Crippen molar-refractivity contribution in [2.24, 2.45) is 0 Å². The minimum Gasteiger partial charge on any atom is -0.489 e. The first-order valence-corrected chi connectivity index (χ1v) is 8.44. The Labute approximate surface area is 156 Å². The van der Waals surface area contributed by atoms with E-state index in [4.69, 9.17) is 19.0 Å². The number of oxazole rings is 1. The maximum atomic E-state index is 13.0. The van der Waals surface area contributed by atoms with Crippen LogP contribution in [0, 0.1) is 0 Å². The van der Waals surface area contributed by atoms with Gasteiger partial charge in [0.05, 0.1) is 12.9 Å². The Morgan fingerprint density at radius 1 is 1.41 bits per heavy atom. The minimum atomic E-state index is -0.632. The molecule has 2 aromatic rings. The summed E-state index contributed by atoms with van der Waals surface area (Å²) in [7, 11) is 0. The van der Waals surface area contributed by atoms with Gasteiger partial charge in [0.1, 0.15) is 23.5 Å². The average molecular weight is 381 g/mol. The van der Waals surface area contributed by atoms with Crippen molar-refractivity contribution in [2.45, 2.75) is 26.4 Å². The van der Waals surface area contributed by atoms with E-state index in [0.717, 1.165) is 0 Å². The number of aromatic nitrogens is 1. The van der Waals surface area contributed by atoms with Gasteiger partial charge in [-0.25, -0.2) is 9.18 Å². The Bertz CT molecular complexity index is 798. The molecule has 1 amide bonds. The minimum absolute atomic E-state index is 0.0365. The fraction of sp³-hybridized carbons (Fsp3) is 0.444. The molecule has 27 heavy (non-hydrogen) atoms. The normalized spacial score (nSPS) is 12.1. The van der Waals surface area contributed by atoms with Crippen LogP contribution in [0.2, 0.25) is 0 Å². The van der Waals surface area contributed by atoms with Gasteiger partial charge in [-0.1, -0.05) is 0 Å². The molecule has 0 spiro atoms. The van der Waals surface area contributed by atoms with Gasteiger partial charge in [-0.05, 0) is 32.9 Å². The summed E-state index contributed by atoms with van der Waals surface area (Å²) >= 11 is 0. The predicted octanol–water partition coefficient (Wildman–Crippen LogP) is 2.99. The molecule has 0 saturated heterocycles. The molecule has 3 N–H and O–H groups in total. The van der Waals surface area contributed by atoms with Gasteiger partial charge in [0.25, 0.3) is 6.01 Å². The molecule has 0 fully saturated rings. The number of nitrogens with one attached hydrogen (secondary N) is 2. The highest BCUT2D eigenvalue weighted by Gasteiger charge is 2.16. The second kappa shape index (κ2) is 9.22. The first-order chi connectivity index (χ1) is 12.8. The smallest absolute Gasteiger partial charge is 0.407 e. The van der Waals surface area contributed by atoms with Crippen LogP contribution in [0.25, 0.3) is 11.1 Å². The molecule has 0 aliphatic rings. The first kappa shape index (κ1) is 20.5. The van der Waals surface area contributed by atoms with E-state index in [2.05, 4.69) is 15.6 Å². The molecular formula is C18H24FN3O5. The van der Waals surface area contributed by atoms with Gasteiger partial charge >= 0.3 is 6.09 Å². The molecule has 0 aliphatic carbocycles. The zero-order valence-electron chi connectivity index (χ0n) is 15.5. The second-order valence-electron chi connectivity index (χ2n) is 6.71. The summed E-state index contributed by atoms with van der Waals surface area (Å²) in [6.45, 7) is 5.42. The highest BCUT2D eigenvalue weighted by molar-refractivity contribution is 5.76. The molecule has 0 aliphatic heterocycles. The largest absolute Gasteiger partial charge is 0.489 e. The molecule has 0 atom stereocenters. The predicted molar refractivity (Wildman–Crippen MR) is 98.5 cm³/mol. The van der Waals surface area contributed by atoms with Crippen LogP contribution in [0.4, 0.5) is 15.2 Å². The number of aliphatic hydroxyl groups excluding tert-OH is 1. The lowest BCUT2D eigenvalue weighted by Crippen LogP contribution is -2.34. The maximum absolute atomic E-state index is 13.0. The third kappa shape index (κ3) is 6.78. The molecule has 0 radical (unpaired) electrons. The van der Waals surface area contributed by atoms with Crippen molar-refractivity contribution in [2.75, 3.05) is 31.6 Å². The van der Waals surface area contributed by atoms with Gasteiger partial charge in [-0.15, -0.1) is 0 Å². The molecule has 2 rings (SSSR count). The number of ether oxygens (including phenoxy) is 2. The molecule has 1 aromatic carbocycles. The van der Waals surface area contributed by atoms with Crippen LogP contribution in [0.3, 0.4) is 0 Å². The third-order valence-corrected chi connectivity index (χ3v) is 3.19. The van der Waals surface area contributed by atoms with Crippen molar-refractivity contribution >= 4 is 23.2 Å². The number of halogens is 1. The van der Waals surface area contributed by atoms with E-state index in [1.54, 1.807) is 39.0 Å². The molecule has 148 valence electrons. The van der Waals surface area contributed by atoms with Crippen LogP contribution in [-0.2, 0) is 4.74 Å². The Balaban J connectivity index is 1.89. The molecule has 1 heterocycles. The van der Waals surface area contributed by atoms with Crippen LogP contribution < -0.4 is 15.4 Å². The molecule has 0 unspecified atom stereocenters. The maximum Gasteiger partial charge on any atom is 0.407 e. The molecule has 9 heteroatoms. The van der Waals surface area contributed by atoms with E-state index < -0.39 is 11.7 Å². The van der Waals surface area contributed by atoms with Gasteiger partial charge in [-0.3, -0.25) is 0 Å². The Kier molecular flexibility index (Phi) is 7.00. The number of nitrogens with zero attached hydrogens (tertiary/aromatic N) is 1. The quantitative estimate of drug-likeness (QED) is 0.645. The average Bonchev–Trinajstić information content (AvgIpc) is 3.00. The number of benzene rings is 1. The number of hydrogen-bond donors (Lipinski definition) is 3. The van der Waals surface area contributed by atoms with Crippen molar-refractivity contribution in [1.29, 1.82) is 0 Å². The van der Waals surface area contributed by atoms with Gasteiger partial charge in [0.2, 0.25) is 0 Å². The first-order valence-electron chi connectivity index (χ1n) is 8.44. The number of anilines is 1.